The van der Waals surface area contributed by atoms with E-state index in [0.29, 0.717) is 0 Å². The van der Waals surface area contributed by atoms with Crippen molar-refractivity contribution < 1.29 is 0 Å². The van der Waals surface area contributed by atoms with Crippen molar-refractivity contribution in [2.75, 3.05) is 5.75 Å². The zero-order chi connectivity index (χ0) is 17.1. The Balaban J connectivity index is 2.30. The second kappa shape index (κ2) is 7.36. The van der Waals surface area contributed by atoms with Crippen LogP contribution in [-0.4, -0.2) is 15.3 Å². The molecule has 0 amide bonds. The van der Waals surface area contributed by atoms with Gasteiger partial charge in [0.1, 0.15) is 4.83 Å². The molecule has 0 saturated carbocycles. The van der Waals surface area contributed by atoms with Crippen LogP contribution in [0.5, 0.6) is 0 Å². The summed E-state index contributed by atoms with van der Waals surface area (Å²) < 4.78 is 1.73. The monoisotopic (exact) mass is 356 g/mol. The quantitative estimate of drug-likeness (QED) is 0.355. The van der Waals surface area contributed by atoms with Crippen LogP contribution in [0.4, 0.5) is 0 Å². The summed E-state index contributed by atoms with van der Waals surface area (Å²) in [4.78, 5) is 20.2. The molecule has 2 aromatic heterocycles. The number of hydrogen-bond acceptors (Lipinski definition) is 4. The minimum atomic E-state index is 0.0221. The zero-order valence-electron chi connectivity index (χ0n) is 13.9. The number of fused-ring (bicyclic) bond motifs is 1. The highest BCUT2D eigenvalue weighted by Crippen LogP contribution is 2.31. The van der Waals surface area contributed by atoms with Crippen LogP contribution in [0.2, 0.25) is 0 Å². The maximum absolute atomic E-state index is 13.2. The number of hydrogen-bond donors (Lipinski definition) is 0. The van der Waals surface area contributed by atoms with Crippen LogP contribution >= 0.6 is 23.1 Å². The van der Waals surface area contributed by atoms with Gasteiger partial charge in [0.05, 0.1) is 11.1 Å². The molecule has 0 aliphatic rings. The smallest absolute Gasteiger partial charge is 0.267 e. The van der Waals surface area contributed by atoms with E-state index in [1.807, 2.05) is 43.3 Å². The summed E-state index contributed by atoms with van der Waals surface area (Å²) in [5.41, 5.74) is 1.96. The summed E-state index contributed by atoms with van der Waals surface area (Å²) >= 11 is 3.19. The summed E-state index contributed by atoms with van der Waals surface area (Å²) in [5, 5.41) is 1.48. The average Bonchev–Trinajstić information content (AvgIpc) is 2.90. The highest BCUT2D eigenvalue weighted by Gasteiger charge is 2.18. The van der Waals surface area contributed by atoms with Crippen LogP contribution in [-0.2, 0) is 6.42 Å². The molecule has 0 spiro atoms. The Morgan fingerprint density at radius 2 is 2.08 bits per heavy atom. The summed E-state index contributed by atoms with van der Waals surface area (Å²) in [5.74, 6) is 0.719. The number of benzene rings is 1. The van der Waals surface area contributed by atoms with E-state index < -0.39 is 0 Å². The lowest BCUT2D eigenvalue weighted by Crippen LogP contribution is -2.21. The lowest BCUT2D eigenvalue weighted by atomic mass is 10.1. The third-order valence-electron chi connectivity index (χ3n) is 3.85. The van der Waals surface area contributed by atoms with Gasteiger partial charge >= 0.3 is 0 Å². The Bertz CT molecular complexity index is 926. The molecule has 24 heavy (non-hydrogen) atoms. The van der Waals surface area contributed by atoms with Crippen molar-refractivity contribution in [2.24, 2.45) is 0 Å². The van der Waals surface area contributed by atoms with Crippen molar-refractivity contribution >= 4 is 33.3 Å². The lowest BCUT2D eigenvalue weighted by Gasteiger charge is -2.11. The van der Waals surface area contributed by atoms with Crippen molar-refractivity contribution in [1.29, 1.82) is 0 Å². The topological polar surface area (TPSA) is 34.9 Å². The van der Waals surface area contributed by atoms with Crippen molar-refractivity contribution in [3.05, 3.63) is 63.8 Å². The van der Waals surface area contributed by atoms with E-state index in [1.54, 1.807) is 15.9 Å². The molecule has 0 N–H and O–H groups in total. The van der Waals surface area contributed by atoms with Gasteiger partial charge in [-0.15, -0.1) is 17.9 Å². The van der Waals surface area contributed by atoms with Gasteiger partial charge < -0.3 is 0 Å². The molecular weight excluding hydrogens is 336 g/mol. The molecular formula is C19H20N2OS2. The first-order valence-corrected chi connectivity index (χ1v) is 9.81. The van der Waals surface area contributed by atoms with E-state index in [1.165, 1.54) is 16.6 Å². The Kier molecular flexibility index (Phi) is 5.21. The third-order valence-corrected chi connectivity index (χ3v) is 6.03. The van der Waals surface area contributed by atoms with Crippen LogP contribution in [0.3, 0.4) is 0 Å². The molecule has 0 atom stereocenters. The molecule has 3 rings (SSSR count). The van der Waals surface area contributed by atoms with Gasteiger partial charge in [-0.3, -0.25) is 9.36 Å². The van der Waals surface area contributed by atoms with Gasteiger partial charge in [0.25, 0.3) is 5.56 Å². The number of rotatable bonds is 6. The molecule has 0 aliphatic heterocycles. The van der Waals surface area contributed by atoms with Gasteiger partial charge in [0, 0.05) is 10.6 Å². The third kappa shape index (κ3) is 3.06. The summed E-state index contributed by atoms with van der Waals surface area (Å²) in [6, 6.07) is 9.73. The normalized spacial score (nSPS) is 11.1. The van der Waals surface area contributed by atoms with Gasteiger partial charge in [-0.2, -0.15) is 0 Å². The van der Waals surface area contributed by atoms with Crippen LogP contribution in [0.1, 0.15) is 23.8 Å². The molecule has 3 aromatic rings. The Morgan fingerprint density at radius 3 is 2.75 bits per heavy atom. The fourth-order valence-electron chi connectivity index (χ4n) is 2.71. The Morgan fingerprint density at radius 1 is 1.33 bits per heavy atom. The molecule has 0 saturated heterocycles. The summed E-state index contributed by atoms with van der Waals surface area (Å²) in [7, 11) is 0. The number of aryl methyl sites for hydroxylation is 2. The van der Waals surface area contributed by atoms with Crippen LogP contribution < -0.4 is 5.56 Å². The Hall–Kier alpha value is -1.85. The molecule has 5 heteroatoms. The minimum Gasteiger partial charge on any atom is -0.268 e. The number of thioether (sulfide) groups is 1. The molecule has 124 valence electrons. The largest absolute Gasteiger partial charge is 0.268 e. The van der Waals surface area contributed by atoms with E-state index >= 15 is 0 Å². The molecule has 0 bridgehead atoms. The highest BCUT2D eigenvalue weighted by atomic mass is 32.2. The number of aromatic nitrogens is 2. The van der Waals surface area contributed by atoms with Gasteiger partial charge in [0.15, 0.2) is 5.16 Å². The fraction of sp³-hybridized carbons (Fsp3) is 0.263. The van der Waals surface area contributed by atoms with Crippen molar-refractivity contribution in [2.45, 2.75) is 31.8 Å². The van der Waals surface area contributed by atoms with Crippen LogP contribution in [0.15, 0.2) is 52.9 Å². The van der Waals surface area contributed by atoms with E-state index in [4.69, 9.17) is 4.98 Å². The number of nitrogens with zero attached hydrogens (tertiary/aromatic N) is 2. The summed E-state index contributed by atoms with van der Waals surface area (Å²) in [6.07, 6.45) is 3.89. The molecule has 0 aliphatic carbocycles. The molecule has 0 unspecified atom stereocenters. The molecule has 3 nitrogen and oxygen atoms in total. The molecule has 0 fully saturated rings. The van der Waals surface area contributed by atoms with E-state index in [2.05, 4.69) is 13.5 Å². The zero-order valence-corrected chi connectivity index (χ0v) is 15.5. The predicted molar refractivity (Wildman–Crippen MR) is 105 cm³/mol. The average molecular weight is 357 g/mol. The minimum absolute atomic E-state index is 0.0221. The van der Waals surface area contributed by atoms with Gasteiger partial charge in [-0.05, 0) is 31.0 Å². The number of para-hydroxylation sites is 1. The fourth-order valence-corrected chi connectivity index (χ4v) is 4.78. The molecule has 2 heterocycles. The van der Waals surface area contributed by atoms with Gasteiger partial charge in [-0.25, -0.2) is 4.98 Å². The number of thiophene rings is 1. The highest BCUT2D eigenvalue weighted by molar-refractivity contribution is 7.99. The molecule has 1 aromatic carbocycles. The SMILES string of the molecule is C=CCSc1nc2sc(CCC)c(C)c2c(=O)n1-c1ccccc1. The van der Waals surface area contributed by atoms with Crippen molar-refractivity contribution in [3.8, 4) is 5.69 Å². The van der Waals surface area contributed by atoms with Crippen LogP contribution in [0, 0.1) is 6.92 Å². The van der Waals surface area contributed by atoms with Crippen molar-refractivity contribution in [3.63, 3.8) is 0 Å². The summed E-state index contributed by atoms with van der Waals surface area (Å²) in [6.45, 7) is 7.97. The van der Waals surface area contributed by atoms with Crippen LogP contribution in [0.25, 0.3) is 15.9 Å². The first-order valence-electron chi connectivity index (χ1n) is 8.01. The molecule has 0 radical (unpaired) electrons. The first kappa shape index (κ1) is 17.0. The van der Waals surface area contributed by atoms with Crippen molar-refractivity contribution in [1.82, 2.24) is 9.55 Å². The Labute approximate surface area is 150 Å². The second-order valence-electron chi connectivity index (χ2n) is 5.55. The second-order valence-corrected chi connectivity index (χ2v) is 7.62. The van der Waals surface area contributed by atoms with E-state index in [9.17, 15) is 4.79 Å². The standard InChI is InChI=1S/C19H20N2OS2/c1-4-9-15-13(3)16-17(24-15)20-19(23-12-5-2)21(18(16)22)14-10-7-6-8-11-14/h5-8,10-11H,2,4,9,12H2,1,3H3. The van der Waals surface area contributed by atoms with E-state index in [-0.39, 0.29) is 5.56 Å². The van der Waals surface area contributed by atoms with E-state index in [0.717, 1.165) is 45.2 Å². The lowest BCUT2D eigenvalue weighted by molar-refractivity contribution is 0.823. The van der Waals surface area contributed by atoms with Gasteiger partial charge in [-0.1, -0.05) is 49.4 Å². The maximum Gasteiger partial charge on any atom is 0.267 e. The first-order chi connectivity index (χ1) is 11.7. The maximum atomic E-state index is 13.2. The van der Waals surface area contributed by atoms with Gasteiger partial charge in [0.2, 0.25) is 0 Å². The predicted octanol–water partition coefficient (Wildman–Crippen LogP) is 4.99.